The molecule has 0 saturated carbocycles. The van der Waals surface area contributed by atoms with E-state index in [0.717, 1.165) is 34.9 Å². The molecule has 2 aromatic carbocycles. The third-order valence-electron chi connectivity index (χ3n) is 3.72. The van der Waals surface area contributed by atoms with Crippen molar-refractivity contribution in [1.82, 2.24) is 0 Å². The Labute approximate surface area is 119 Å². The molecule has 20 heavy (non-hydrogen) atoms. The standard InChI is InChI=1S/C18H19NO/c1-2-5-13-8-10-14(11-9-13)18(19)16-12-20-17-7-4-3-6-15(16)17/h3-4,6-12,18H,2,5,19H2,1H3. The maximum absolute atomic E-state index is 6.39. The second kappa shape index (κ2) is 5.51. The van der Waals surface area contributed by atoms with Crippen molar-refractivity contribution in [2.24, 2.45) is 5.73 Å². The number of aryl methyl sites for hydroxylation is 1. The summed E-state index contributed by atoms with van der Waals surface area (Å²) in [6, 6.07) is 16.4. The van der Waals surface area contributed by atoms with E-state index in [1.165, 1.54) is 5.56 Å². The molecule has 0 aliphatic heterocycles. The normalized spacial score (nSPS) is 12.7. The highest BCUT2D eigenvalue weighted by Gasteiger charge is 2.14. The summed E-state index contributed by atoms with van der Waals surface area (Å²) in [4.78, 5) is 0. The van der Waals surface area contributed by atoms with Gasteiger partial charge in [0.2, 0.25) is 0 Å². The molecule has 102 valence electrons. The van der Waals surface area contributed by atoms with E-state index in [1.54, 1.807) is 6.26 Å². The SMILES string of the molecule is CCCc1ccc(C(N)c2coc3ccccc23)cc1. The molecule has 2 N–H and O–H groups in total. The van der Waals surface area contributed by atoms with Gasteiger partial charge in [-0.1, -0.05) is 55.8 Å². The molecule has 2 heteroatoms. The molecule has 0 fully saturated rings. The Morgan fingerprint density at radius 1 is 1.05 bits per heavy atom. The molecule has 1 unspecified atom stereocenters. The minimum atomic E-state index is -0.144. The van der Waals surface area contributed by atoms with Gasteiger partial charge in [0, 0.05) is 10.9 Å². The van der Waals surface area contributed by atoms with Crippen LogP contribution in [-0.2, 0) is 6.42 Å². The average Bonchev–Trinajstić information content (AvgIpc) is 2.92. The van der Waals surface area contributed by atoms with E-state index in [0.29, 0.717) is 0 Å². The molecule has 3 aromatic rings. The van der Waals surface area contributed by atoms with Crippen LogP contribution in [0.1, 0.15) is 36.1 Å². The minimum Gasteiger partial charge on any atom is -0.464 e. The zero-order chi connectivity index (χ0) is 13.9. The second-order valence-electron chi connectivity index (χ2n) is 5.16. The first-order valence-electron chi connectivity index (χ1n) is 7.10. The van der Waals surface area contributed by atoms with Gasteiger partial charge >= 0.3 is 0 Å². The Hall–Kier alpha value is -2.06. The molecular formula is C18H19NO. The van der Waals surface area contributed by atoms with Crippen molar-refractivity contribution in [2.45, 2.75) is 25.8 Å². The Bertz CT molecular complexity index is 697. The zero-order valence-electron chi connectivity index (χ0n) is 11.7. The first-order valence-corrected chi connectivity index (χ1v) is 7.10. The highest BCUT2D eigenvalue weighted by Crippen LogP contribution is 2.29. The van der Waals surface area contributed by atoms with Crippen LogP contribution in [0.5, 0.6) is 0 Å². The van der Waals surface area contributed by atoms with Crippen molar-refractivity contribution in [2.75, 3.05) is 0 Å². The van der Waals surface area contributed by atoms with Crippen LogP contribution in [0.2, 0.25) is 0 Å². The monoisotopic (exact) mass is 265 g/mol. The van der Waals surface area contributed by atoms with Crippen molar-refractivity contribution in [3.05, 3.63) is 71.5 Å². The lowest BCUT2D eigenvalue weighted by Gasteiger charge is -2.11. The number of para-hydroxylation sites is 1. The third-order valence-corrected chi connectivity index (χ3v) is 3.72. The van der Waals surface area contributed by atoms with E-state index in [9.17, 15) is 0 Å². The van der Waals surface area contributed by atoms with E-state index in [4.69, 9.17) is 10.2 Å². The van der Waals surface area contributed by atoms with Gasteiger partial charge < -0.3 is 10.2 Å². The van der Waals surface area contributed by atoms with Crippen LogP contribution < -0.4 is 5.73 Å². The van der Waals surface area contributed by atoms with Gasteiger partial charge in [-0.3, -0.25) is 0 Å². The number of hydrogen-bond donors (Lipinski definition) is 1. The van der Waals surface area contributed by atoms with Crippen LogP contribution >= 0.6 is 0 Å². The van der Waals surface area contributed by atoms with Crippen LogP contribution in [0.25, 0.3) is 11.0 Å². The number of furan rings is 1. The lowest BCUT2D eigenvalue weighted by Crippen LogP contribution is -2.11. The summed E-state index contributed by atoms with van der Waals surface area (Å²) in [5.41, 5.74) is 10.8. The summed E-state index contributed by atoms with van der Waals surface area (Å²) in [5, 5.41) is 1.10. The molecule has 0 aliphatic carbocycles. The number of fused-ring (bicyclic) bond motifs is 1. The van der Waals surface area contributed by atoms with Crippen LogP contribution in [0, 0.1) is 0 Å². The molecule has 0 aliphatic rings. The average molecular weight is 265 g/mol. The molecule has 0 amide bonds. The summed E-state index contributed by atoms with van der Waals surface area (Å²) < 4.78 is 5.57. The molecule has 0 bridgehead atoms. The van der Waals surface area contributed by atoms with E-state index < -0.39 is 0 Å². The summed E-state index contributed by atoms with van der Waals surface area (Å²) in [5.74, 6) is 0. The number of rotatable bonds is 4. The lowest BCUT2D eigenvalue weighted by atomic mass is 9.97. The van der Waals surface area contributed by atoms with Gasteiger partial charge in [0.05, 0.1) is 12.3 Å². The smallest absolute Gasteiger partial charge is 0.134 e. The topological polar surface area (TPSA) is 39.2 Å². The van der Waals surface area contributed by atoms with E-state index in [-0.39, 0.29) is 6.04 Å². The summed E-state index contributed by atoms with van der Waals surface area (Å²) in [6.07, 6.45) is 4.05. The third kappa shape index (κ3) is 2.35. The Kier molecular flexibility index (Phi) is 3.57. The largest absolute Gasteiger partial charge is 0.464 e. The van der Waals surface area contributed by atoms with Crippen LogP contribution in [0.3, 0.4) is 0 Å². The fourth-order valence-corrected chi connectivity index (χ4v) is 2.60. The van der Waals surface area contributed by atoms with Crippen molar-refractivity contribution < 1.29 is 4.42 Å². The molecule has 0 saturated heterocycles. The first-order chi connectivity index (χ1) is 9.79. The molecule has 1 atom stereocenters. The van der Waals surface area contributed by atoms with Gasteiger partial charge in [-0.2, -0.15) is 0 Å². The highest BCUT2D eigenvalue weighted by atomic mass is 16.3. The molecule has 2 nitrogen and oxygen atoms in total. The van der Waals surface area contributed by atoms with Gasteiger partial charge in [0.15, 0.2) is 0 Å². The fourth-order valence-electron chi connectivity index (χ4n) is 2.60. The van der Waals surface area contributed by atoms with Crippen LogP contribution in [-0.4, -0.2) is 0 Å². The molecule has 3 rings (SSSR count). The van der Waals surface area contributed by atoms with E-state index in [2.05, 4.69) is 37.3 Å². The Morgan fingerprint density at radius 3 is 2.55 bits per heavy atom. The Balaban J connectivity index is 1.93. The Morgan fingerprint density at radius 2 is 1.80 bits per heavy atom. The second-order valence-corrected chi connectivity index (χ2v) is 5.16. The lowest BCUT2D eigenvalue weighted by molar-refractivity contribution is 0.607. The van der Waals surface area contributed by atoms with Gasteiger partial charge in [0.1, 0.15) is 5.58 Å². The number of benzene rings is 2. The highest BCUT2D eigenvalue weighted by molar-refractivity contribution is 5.81. The molecule has 0 spiro atoms. The van der Waals surface area contributed by atoms with Gasteiger partial charge in [-0.25, -0.2) is 0 Å². The van der Waals surface area contributed by atoms with Crippen molar-refractivity contribution in [3.8, 4) is 0 Å². The quantitative estimate of drug-likeness (QED) is 0.757. The van der Waals surface area contributed by atoms with E-state index in [1.807, 2.05) is 18.2 Å². The predicted octanol–water partition coefficient (Wildman–Crippen LogP) is 4.43. The van der Waals surface area contributed by atoms with Crippen LogP contribution in [0.15, 0.2) is 59.2 Å². The summed E-state index contributed by atoms with van der Waals surface area (Å²) in [6.45, 7) is 2.19. The van der Waals surface area contributed by atoms with Crippen molar-refractivity contribution in [3.63, 3.8) is 0 Å². The van der Waals surface area contributed by atoms with Crippen molar-refractivity contribution in [1.29, 1.82) is 0 Å². The van der Waals surface area contributed by atoms with Gasteiger partial charge in [-0.05, 0) is 23.6 Å². The maximum atomic E-state index is 6.39. The first kappa shape index (κ1) is 12.9. The number of nitrogens with two attached hydrogens (primary N) is 1. The molecule has 1 heterocycles. The van der Waals surface area contributed by atoms with Crippen LogP contribution in [0.4, 0.5) is 0 Å². The fraction of sp³-hybridized carbons (Fsp3) is 0.222. The van der Waals surface area contributed by atoms with Gasteiger partial charge in [0.25, 0.3) is 0 Å². The molecule has 1 aromatic heterocycles. The minimum absolute atomic E-state index is 0.144. The molecular weight excluding hydrogens is 246 g/mol. The maximum Gasteiger partial charge on any atom is 0.134 e. The van der Waals surface area contributed by atoms with E-state index >= 15 is 0 Å². The molecule has 0 radical (unpaired) electrons. The zero-order valence-corrected chi connectivity index (χ0v) is 11.7. The van der Waals surface area contributed by atoms with Gasteiger partial charge in [-0.15, -0.1) is 0 Å². The summed E-state index contributed by atoms with van der Waals surface area (Å²) >= 11 is 0. The summed E-state index contributed by atoms with van der Waals surface area (Å²) in [7, 11) is 0. The van der Waals surface area contributed by atoms with Crippen molar-refractivity contribution >= 4 is 11.0 Å². The predicted molar refractivity (Wildman–Crippen MR) is 82.7 cm³/mol. The number of hydrogen-bond acceptors (Lipinski definition) is 2.